The van der Waals surface area contributed by atoms with Crippen molar-refractivity contribution in [2.75, 3.05) is 20.1 Å². The quantitative estimate of drug-likeness (QED) is 0.653. The fourth-order valence-electron chi connectivity index (χ4n) is 2.36. The number of likely N-dealkylation sites (tertiary alicyclic amines) is 1. The van der Waals surface area contributed by atoms with Crippen LogP contribution in [0.5, 0.6) is 0 Å². The molecular formula is C15H22N2O5. The third-order valence-electron chi connectivity index (χ3n) is 3.37. The maximum atomic E-state index is 10.3. The van der Waals surface area contributed by atoms with Crippen molar-refractivity contribution in [3.63, 3.8) is 0 Å². The number of nitroso groups, excluding NO2 is 1. The van der Waals surface area contributed by atoms with E-state index in [4.69, 9.17) is 19.8 Å². The number of aryl methyl sites for hydroxylation is 1. The van der Waals surface area contributed by atoms with Crippen molar-refractivity contribution in [2.45, 2.75) is 19.3 Å². The van der Waals surface area contributed by atoms with Crippen LogP contribution in [-0.2, 0) is 16.0 Å². The predicted molar refractivity (Wildman–Crippen MR) is 83.2 cm³/mol. The first-order chi connectivity index (χ1) is 10.6. The topological polar surface area (TPSA) is 107 Å². The average molecular weight is 310 g/mol. The number of hydrogen-bond acceptors (Lipinski definition) is 5. The Morgan fingerprint density at radius 3 is 2.18 bits per heavy atom. The molecule has 1 heterocycles. The number of benzene rings is 1. The average Bonchev–Trinajstić information content (AvgIpc) is 2.93. The second kappa shape index (κ2) is 12.5. The van der Waals surface area contributed by atoms with Crippen LogP contribution in [0.15, 0.2) is 29.4 Å². The fourth-order valence-corrected chi connectivity index (χ4v) is 2.36. The minimum atomic E-state index is -0.250. The molecule has 0 radical (unpaired) electrons. The molecule has 1 atom stereocenters. The first-order valence-electron chi connectivity index (χ1n) is 6.87. The van der Waals surface area contributed by atoms with Crippen LogP contribution in [0.3, 0.4) is 0 Å². The summed E-state index contributed by atoms with van der Waals surface area (Å²) in [7, 11) is 2.19. The summed E-state index contributed by atoms with van der Waals surface area (Å²) in [6.07, 6.45) is 3.68. The van der Waals surface area contributed by atoms with Crippen LogP contribution < -0.4 is 0 Å². The molecule has 2 N–H and O–H groups in total. The first-order valence-corrected chi connectivity index (χ1v) is 6.87. The van der Waals surface area contributed by atoms with E-state index in [-0.39, 0.29) is 12.9 Å². The lowest BCUT2D eigenvalue weighted by atomic mass is 9.99. The second-order valence-corrected chi connectivity index (χ2v) is 4.92. The van der Waals surface area contributed by atoms with Gasteiger partial charge in [-0.05, 0) is 61.6 Å². The molecule has 122 valence electrons. The summed E-state index contributed by atoms with van der Waals surface area (Å²) in [5.41, 5.74) is 1.83. The molecule has 1 fully saturated rings. The zero-order valence-electron chi connectivity index (χ0n) is 12.6. The Balaban J connectivity index is 0.000000639. The van der Waals surface area contributed by atoms with Crippen molar-refractivity contribution >= 4 is 18.6 Å². The highest BCUT2D eigenvalue weighted by molar-refractivity contribution is 5.38. The van der Waals surface area contributed by atoms with E-state index in [1.54, 1.807) is 12.1 Å². The summed E-state index contributed by atoms with van der Waals surface area (Å²) in [6, 6.07) is 7.61. The molecule has 0 aliphatic carbocycles. The van der Waals surface area contributed by atoms with Gasteiger partial charge in [0.1, 0.15) is 5.69 Å². The number of hydrogen-bond donors (Lipinski definition) is 2. The van der Waals surface area contributed by atoms with Crippen molar-refractivity contribution in [1.82, 2.24) is 4.90 Å². The van der Waals surface area contributed by atoms with Gasteiger partial charge in [-0.15, -0.1) is 4.91 Å². The number of carbonyl (C=O) groups is 2. The maximum Gasteiger partial charge on any atom is 0.290 e. The molecule has 0 saturated carbocycles. The van der Waals surface area contributed by atoms with Crippen LogP contribution in [0.1, 0.15) is 18.4 Å². The Morgan fingerprint density at radius 2 is 1.77 bits per heavy atom. The minimum Gasteiger partial charge on any atom is -0.483 e. The lowest BCUT2D eigenvalue weighted by Crippen LogP contribution is -2.14. The molecule has 1 aliphatic rings. The largest absolute Gasteiger partial charge is 0.483 e. The van der Waals surface area contributed by atoms with E-state index in [2.05, 4.69) is 17.1 Å². The molecule has 0 bridgehead atoms. The van der Waals surface area contributed by atoms with Crippen molar-refractivity contribution in [3.8, 4) is 0 Å². The van der Waals surface area contributed by atoms with Gasteiger partial charge in [-0.2, -0.15) is 0 Å². The molecule has 1 aromatic carbocycles. The van der Waals surface area contributed by atoms with Crippen molar-refractivity contribution in [1.29, 1.82) is 0 Å². The molecule has 1 saturated heterocycles. The Morgan fingerprint density at radius 1 is 1.23 bits per heavy atom. The van der Waals surface area contributed by atoms with Crippen LogP contribution in [0.25, 0.3) is 0 Å². The number of nitrogens with zero attached hydrogens (tertiary/aromatic N) is 2. The monoisotopic (exact) mass is 310 g/mol. The van der Waals surface area contributed by atoms with Gasteiger partial charge in [0.05, 0.1) is 0 Å². The summed E-state index contributed by atoms with van der Waals surface area (Å²) in [6.45, 7) is 1.96. The van der Waals surface area contributed by atoms with E-state index in [0.717, 1.165) is 12.3 Å². The highest BCUT2D eigenvalue weighted by Crippen LogP contribution is 2.21. The van der Waals surface area contributed by atoms with Gasteiger partial charge >= 0.3 is 0 Å². The Kier molecular flexibility index (Phi) is 11.2. The maximum absolute atomic E-state index is 10.3. The third kappa shape index (κ3) is 8.80. The highest BCUT2D eigenvalue weighted by atomic mass is 16.3. The molecule has 2 rings (SSSR count). The standard InChI is InChI=1S/C13H18N2O.2CH2O2/c1-15-9-8-12(10-15)3-2-11-4-6-13(14-16)7-5-11;2*2-1-3/h4-7,12H,2-3,8-10H2,1H3;2*1H,(H,2,3). The molecule has 7 heteroatoms. The number of carboxylic acid groups (broad SMARTS) is 2. The molecule has 7 nitrogen and oxygen atoms in total. The molecule has 0 spiro atoms. The first kappa shape index (κ1) is 19.7. The smallest absolute Gasteiger partial charge is 0.290 e. The Hall–Kier alpha value is -2.28. The summed E-state index contributed by atoms with van der Waals surface area (Å²) in [5.74, 6) is 0.842. The van der Waals surface area contributed by atoms with E-state index >= 15 is 0 Å². The van der Waals surface area contributed by atoms with Crippen molar-refractivity contribution in [2.24, 2.45) is 11.1 Å². The van der Waals surface area contributed by atoms with Gasteiger partial charge in [-0.3, -0.25) is 9.59 Å². The molecule has 1 aliphatic heterocycles. The van der Waals surface area contributed by atoms with Gasteiger partial charge in [-0.25, -0.2) is 0 Å². The van der Waals surface area contributed by atoms with E-state index in [9.17, 15) is 4.91 Å². The van der Waals surface area contributed by atoms with Gasteiger partial charge < -0.3 is 15.1 Å². The van der Waals surface area contributed by atoms with Crippen LogP contribution in [0.4, 0.5) is 5.69 Å². The molecule has 22 heavy (non-hydrogen) atoms. The molecule has 0 aromatic heterocycles. The Labute approximate surface area is 129 Å². The van der Waals surface area contributed by atoms with E-state index in [1.165, 1.54) is 31.5 Å². The van der Waals surface area contributed by atoms with Gasteiger partial charge in [0, 0.05) is 6.54 Å². The normalized spacial score (nSPS) is 16.5. The van der Waals surface area contributed by atoms with Gasteiger partial charge in [0.25, 0.3) is 12.9 Å². The lowest BCUT2D eigenvalue weighted by Gasteiger charge is -2.10. The van der Waals surface area contributed by atoms with Crippen LogP contribution >= 0.6 is 0 Å². The van der Waals surface area contributed by atoms with E-state index in [1.807, 2.05) is 12.1 Å². The number of rotatable bonds is 4. The predicted octanol–water partition coefficient (Wildman–Crippen LogP) is 2.37. The highest BCUT2D eigenvalue weighted by Gasteiger charge is 2.18. The van der Waals surface area contributed by atoms with Crippen molar-refractivity contribution in [3.05, 3.63) is 34.7 Å². The van der Waals surface area contributed by atoms with E-state index < -0.39 is 0 Å². The van der Waals surface area contributed by atoms with Crippen LogP contribution in [0, 0.1) is 10.8 Å². The molecule has 1 aromatic rings. The Bertz CT molecular complexity index is 430. The molecular weight excluding hydrogens is 288 g/mol. The van der Waals surface area contributed by atoms with Crippen LogP contribution in [-0.4, -0.2) is 48.2 Å². The molecule has 0 amide bonds. The fraction of sp³-hybridized carbons (Fsp3) is 0.467. The summed E-state index contributed by atoms with van der Waals surface area (Å²) in [5, 5.41) is 16.7. The lowest BCUT2D eigenvalue weighted by molar-refractivity contribution is -0.123. The third-order valence-corrected chi connectivity index (χ3v) is 3.37. The van der Waals surface area contributed by atoms with Crippen LogP contribution in [0.2, 0.25) is 0 Å². The van der Waals surface area contributed by atoms with Gasteiger partial charge in [0.15, 0.2) is 0 Å². The minimum absolute atomic E-state index is 0.250. The summed E-state index contributed by atoms with van der Waals surface area (Å²) < 4.78 is 0. The SMILES string of the molecule is CN1CCC(CCc2ccc(N=O)cc2)C1.O=CO.O=CO. The van der Waals surface area contributed by atoms with Crippen molar-refractivity contribution < 1.29 is 19.8 Å². The zero-order chi connectivity index (χ0) is 16.8. The zero-order valence-corrected chi connectivity index (χ0v) is 12.6. The van der Waals surface area contributed by atoms with E-state index in [0.29, 0.717) is 5.69 Å². The van der Waals surface area contributed by atoms with Gasteiger partial charge in [-0.1, -0.05) is 12.1 Å². The second-order valence-electron chi connectivity index (χ2n) is 4.92. The summed E-state index contributed by atoms with van der Waals surface area (Å²) >= 11 is 0. The summed E-state index contributed by atoms with van der Waals surface area (Å²) in [4.78, 5) is 29.4. The van der Waals surface area contributed by atoms with Gasteiger partial charge in [0.2, 0.25) is 0 Å². The molecule has 1 unspecified atom stereocenters.